The third-order valence-electron chi connectivity index (χ3n) is 4.05. The molecule has 0 spiro atoms. The largest absolute Gasteiger partial charge is 0.493 e. The Hall–Kier alpha value is -3.03. The molecule has 0 saturated carbocycles. The molecule has 9 heteroatoms. The first-order valence-electron chi connectivity index (χ1n) is 8.46. The number of terminal acetylenes is 1. The highest BCUT2D eigenvalue weighted by molar-refractivity contribution is 14.1. The number of carbonyl (C=O) groups excluding carboxylic acids is 3. The number of nitrogens with zero attached hydrogens (tertiary/aromatic N) is 1. The molecule has 152 valence electrons. The van der Waals surface area contributed by atoms with E-state index in [1.165, 1.54) is 25.3 Å². The number of ether oxygens (including phenoxy) is 2. The molecule has 1 fully saturated rings. The Morgan fingerprint density at radius 3 is 2.57 bits per heavy atom. The summed E-state index contributed by atoms with van der Waals surface area (Å²) in [7, 11) is 1.46. The van der Waals surface area contributed by atoms with Crippen LogP contribution in [0.1, 0.15) is 5.56 Å². The zero-order chi connectivity index (χ0) is 21.8. The molecule has 1 saturated heterocycles. The summed E-state index contributed by atoms with van der Waals surface area (Å²) in [4.78, 5) is 38.4. The Labute approximate surface area is 191 Å². The summed E-state index contributed by atoms with van der Waals surface area (Å²) in [5.74, 6) is 1.67. The van der Waals surface area contributed by atoms with E-state index < -0.39 is 17.8 Å². The van der Waals surface area contributed by atoms with Crippen LogP contribution in [-0.4, -0.2) is 31.6 Å². The second-order valence-corrected chi connectivity index (χ2v) is 7.56. The molecule has 1 heterocycles. The molecule has 0 unspecified atom stereocenters. The summed E-state index contributed by atoms with van der Waals surface area (Å²) in [6, 6.07) is 8.57. The number of hydrogen-bond acceptors (Lipinski definition) is 5. The zero-order valence-corrected chi connectivity index (χ0v) is 18.5. The van der Waals surface area contributed by atoms with Crippen molar-refractivity contribution in [1.29, 1.82) is 0 Å². The van der Waals surface area contributed by atoms with Crippen molar-refractivity contribution < 1.29 is 23.9 Å². The van der Waals surface area contributed by atoms with Gasteiger partial charge >= 0.3 is 6.03 Å². The Balaban J connectivity index is 2.01. The van der Waals surface area contributed by atoms with Crippen molar-refractivity contribution >= 4 is 63.8 Å². The third-order valence-corrected chi connectivity index (χ3v) is 5.10. The molecule has 4 amide bonds. The van der Waals surface area contributed by atoms with Gasteiger partial charge in [0.25, 0.3) is 11.8 Å². The molecule has 1 N–H and O–H groups in total. The summed E-state index contributed by atoms with van der Waals surface area (Å²) in [6.45, 7) is 0.0614. The van der Waals surface area contributed by atoms with Gasteiger partial charge in [0.15, 0.2) is 11.5 Å². The van der Waals surface area contributed by atoms with E-state index in [0.29, 0.717) is 25.7 Å². The first-order valence-corrected chi connectivity index (χ1v) is 9.92. The van der Waals surface area contributed by atoms with Gasteiger partial charge in [-0.1, -0.05) is 17.5 Å². The highest BCUT2D eigenvalue weighted by Crippen LogP contribution is 2.35. The van der Waals surface area contributed by atoms with Gasteiger partial charge in [0.1, 0.15) is 12.2 Å². The minimum Gasteiger partial charge on any atom is -0.493 e. The molecule has 2 aromatic rings. The number of halogens is 2. The highest BCUT2D eigenvalue weighted by atomic mass is 127. The molecule has 3 rings (SSSR count). The van der Waals surface area contributed by atoms with E-state index >= 15 is 0 Å². The fourth-order valence-electron chi connectivity index (χ4n) is 2.73. The number of benzene rings is 2. The molecule has 2 aromatic carbocycles. The Kier molecular flexibility index (Phi) is 6.64. The van der Waals surface area contributed by atoms with E-state index in [4.69, 9.17) is 27.5 Å². The lowest BCUT2D eigenvalue weighted by Crippen LogP contribution is -2.54. The number of methoxy groups -OCH3 is 1. The summed E-state index contributed by atoms with van der Waals surface area (Å²) in [6.07, 6.45) is 6.61. The second-order valence-electron chi connectivity index (χ2n) is 5.96. The SMILES string of the molecule is C#CCOc1c(I)cc(/C=C2\C(=O)NC(=O)N(c3ccc(Cl)cc3)C2=O)cc1OC. The average molecular weight is 537 g/mol. The predicted molar refractivity (Wildman–Crippen MR) is 120 cm³/mol. The fraction of sp³-hybridized carbons (Fsp3) is 0.0952. The number of urea groups is 1. The molecular formula is C21H14ClIN2O5. The Bertz CT molecular complexity index is 1110. The van der Waals surface area contributed by atoms with Gasteiger partial charge in [0.2, 0.25) is 0 Å². The number of carbonyl (C=O) groups is 3. The molecule has 30 heavy (non-hydrogen) atoms. The fourth-order valence-corrected chi connectivity index (χ4v) is 3.63. The summed E-state index contributed by atoms with van der Waals surface area (Å²) in [5, 5.41) is 2.62. The monoisotopic (exact) mass is 536 g/mol. The molecule has 0 bridgehead atoms. The normalized spacial score (nSPS) is 15.1. The van der Waals surface area contributed by atoms with E-state index in [2.05, 4.69) is 11.2 Å². The minimum absolute atomic E-state index is 0.0614. The van der Waals surface area contributed by atoms with E-state index in [9.17, 15) is 14.4 Å². The van der Waals surface area contributed by atoms with Crippen molar-refractivity contribution in [3.05, 3.63) is 56.1 Å². The van der Waals surface area contributed by atoms with Crippen LogP contribution in [0.2, 0.25) is 5.02 Å². The van der Waals surface area contributed by atoms with Crippen LogP contribution in [0.5, 0.6) is 11.5 Å². The van der Waals surface area contributed by atoms with Crippen LogP contribution in [0.4, 0.5) is 10.5 Å². The van der Waals surface area contributed by atoms with Gasteiger partial charge in [-0.3, -0.25) is 14.9 Å². The Morgan fingerprint density at radius 1 is 1.23 bits per heavy atom. The number of anilines is 1. The molecular weight excluding hydrogens is 523 g/mol. The molecule has 1 aliphatic heterocycles. The van der Waals surface area contributed by atoms with Gasteiger partial charge in [-0.25, -0.2) is 9.69 Å². The van der Waals surface area contributed by atoms with Crippen molar-refractivity contribution in [2.45, 2.75) is 0 Å². The zero-order valence-electron chi connectivity index (χ0n) is 15.6. The van der Waals surface area contributed by atoms with Gasteiger partial charge in [0, 0.05) is 5.02 Å². The summed E-state index contributed by atoms with van der Waals surface area (Å²) < 4.78 is 11.5. The lowest BCUT2D eigenvalue weighted by Gasteiger charge is -2.26. The molecule has 1 aliphatic rings. The lowest BCUT2D eigenvalue weighted by molar-refractivity contribution is -0.122. The number of rotatable bonds is 5. The molecule has 0 atom stereocenters. The number of barbiturate groups is 1. The van der Waals surface area contributed by atoms with Gasteiger partial charge in [-0.05, 0) is 70.6 Å². The Morgan fingerprint density at radius 2 is 1.93 bits per heavy atom. The average Bonchev–Trinajstić information content (AvgIpc) is 2.71. The smallest absolute Gasteiger partial charge is 0.335 e. The maximum Gasteiger partial charge on any atom is 0.335 e. The standard InChI is InChI=1S/C21H14ClIN2O5/c1-3-8-30-18-16(23)10-12(11-17(18)29-2)9-15-19(26)24-21(28)25(20(15)27)14-6-4-13(22)5-7-14/h1,4-7,9-11H,8H2,2H3,(H,24,26,28)/b15-9+. The lowest BCUT2D eigenvalue weighted by atomic mass is 10.1. The van der Waals surface area contributed by atoms with Crippen LogP contribution in [0, 0.1) is 15.9 Å². The number of nitrogens with one attached hydrogen (secondary N) is 1. The number of amides is 4. The van der Waals surface area contributed by atoms with Crippen molar-refractivity contribution in [1.82, 2.24) is 5.32 Å². The minimum atomic E-state index is -0.838. The van der Waals surface area contributed by atoms with E-state index in [-0.39, 0.29) is 17.9 Å². The maximum absolute atomic E-state index is 12.9. The number of hydrogen-bond donors (Lipinski definition) is 1. The van der Waals surface area contributed by atoms with E-state index in [0.717, 1.165) is 4.90 Å². The highest BCUT2D eigenvalue weighted by Gasteiger charge is 2.36. The van der Waals surface area contributed by atoms with Crippen LogP contribution < -0.4 is 19.7 Å². The van der Waals surface area contributed by atoms with E-state index in [1.54, 1.807) is 24.3 Å². The van der Waals surface area contributed by atoms with Crippen LogP contribution in [-0.2, 0) is 9.59 Å². The van der Waals surface area contributed by atoms with Crippen LogP contribution >= 0.6 is 34.2 Å². The molecule has 0 aromatic heterocycles. The molecule has 0 aliphatic carbocycles. The first-order chi connectivity index (χ1) is 14.3. The predicted octanol–water partition coefficient (Wildman–Crippen LogP) is 3.63. The number of imide groups is 2. The first kappa shape index (κ1) is 21.7. The van der Waals surface area contributed by atoms with Crippen LogP contribution in [0.25, 0.3) is 6.08 Å². The maximum atomic E-state index is 12.9. The summed E-state index contributed by atoms with van der Waals surface area (Å²) in [5.41, 5.74) is 0.582. The van der Waals surface area contributed by atoms with Crippen molar-refractivity contribution in [2.24, 2.45) is 0 Å². The van der Waals surface area contributed by atoms with Gasteiger partial charge in [-0.2, -0.15) is 0 Å². The summed E-state index contributed by atoms with van der Waals surface area (Å²) >= 11 is 7.90. The quantitative estimate of drug-likeness (QED) is 0.273. The van der Waals surface area contributed by atoms with Crippen LogP contribution in [0.15, 0.2) is 42.0 Å². The second kappa shape index (κ2) is 9.19. The molecule has 7 nitrogen and oxygen atoms in total. The van der Waals surface area contributed by atoms with Gasteiger partial charge in [-0.15, -0.1) is 6.42 Å². The third kappa shape index (κ3) is 4.42. The topological polar surface area (TPSA) is 84.9 Å². The molecule has 0 radical (unpaired) electrons. The van der Waals surface area contributed by atoms with Crippen molar-refractivity contribution in [2.75, 3.05) is 18.6 Å². The van der Waals surface area contributed by atoms with Crippen LogP contribution in [0.3, 0.4) is 0 Å². The van der Waals surface area contributed by atoms with E-state index in [1.807, 2.05) is 22.6 Å². The van der Waals surface area contributed by atoms with Gasteiger partial charge < -0.3 is 9.47 Å². The van der Waals surface area contributed by atoms with Gasteiger partial charge in [0.05, 0.1) is 16.4 Å². The van der Waals surface area contributed by atoms with Crippen molar-refractivity contribution in [3.8, 4) is 23.8 Å². The van der Waals surface area contributed by atoms with Crippen molar-refractivity contribution in [3.63, 3.8) is 0 Å².